The number of aromatic nitrogens is 2. The fourth-order valence-corrected chi connectivity index (χ4v) is 2.58. The number of nitrogens with zero attached hydrogens (tertiary/aromatic N) is 3. The lowest BCUT2D eigenvalue weighted by Gasteiger charge is -2.25. The van der Waals surface area contributed by atoms with E-state index in [2.05, 4.69) is 5.10 Å². The third-order valence-corrected chi connectivity index (χ3v) is 3.68. The highest BCUT2D eigenvalue weighted by Gasteiger charge is 2.45. The van der Waals surface area contributed by atoms with Crippen LogP contribution in [0.4, 0.5) is 0 Å². The van der Waals surface area contributed by atoms with Crippen LogP contribution in [-0.2, 0) is 16.6 Å². The Labute approximate surface area is 105 Å². The second-order valence-corrected chi connectivity index (χ2v) is 4.58. The smallest absolute Gasteiger partial charge is 0.309 e. The first-order valence-corrected chi connectivity index (χ1v) is 5.98. The van der Waals surface area contributed by atoms with Gasteiger partial charge in [-0.2, -0.15) is 5.10 Å². The lowest BCUT2D eigenvalue weighted by molar-refractivity contribution is -0.142. The van der Waals surface area contributed by atoms with Crippen LogP contribution in [0.25, 0.3) is 0 Å². The van der Waals surface area contributed by atoms with Gasteiger partial charge in [-0.05, 0) is 13.8 Å². The monoisotopic (exact) mass is 251 g/mol. The van der Waals surface area contributed by atoms with Crippen molar-refractivity contribution in [3.63, 3.8) is 0 Å². The Balaban J connectivity index is 2.46. The molecule has 0 unspecified atom stereocenters. The van der Waals surface area contributed by atoms with Crippen LogP contribution < -0.4 is 0 Å². The van der Waals surface area contributed by atoms with Gasteiger partial charge in [0.1, 0.15) is 0 Å². The van der Waals surface area contributed by atoms with Crippen molar-refractivity contribution < 1.29 is 14.7 Å². The van der Waals surface area contributed by atoms with Gasteiger partial charge in [0.05, 0.1) is 18.2 Å². The number of carbonyl (C=O) groups excluding carboxylic acids is 1. The average molecular weight is 251 g/mol. The predicted octanol–water partition coefficient (Wildman–Crippen LogP) is 0.723. The van der Waals surface area contributed by atoms with Gasteiger partial charge in [-0.1, -0.05) is 0 Å². The van der Waals surface area contributed by atoms with E-state index in [-0.39, 0.29) is 12.3 Å². The number of hydrogen-bond donors (Lipinski definition) is 1. The minimum Gasteiger partial charge on any atom is -0.481 e. The summed E-state index contributed by atoms with van der Waals surface area (Å²) < 4.78 is 1.70. The second kappa shape index (κ2) is 4.44. The van der Waals surface area contributed by atoms with Crippen LogP contribution in [0, 0.1) is 12.8 Å². The lowest BCUT2D eigenvalue weighted by Crippen LogP contribution is -2.30. The van der Waals surface area contributed by atoms with E-state index in [4.69, 9.17) is 0 Å². The minimum atomic E-state index is -0.924. The molecule has 0 radical (unpaired) electrons. The molecule has 1 amide bonds. The molecule has 2 atom stereocenters. The van der Waals surface area contributed by atoms with Crippen LogP contribution >= 0.6 is 0 Å². The molecule has 18 heavy (non-hydrogen) atoms. The number of carboxylic acids is 1. The maximum absolute atomic E-state index is 11.9. The number of hydrogen-bond acceptors (Lipinski definition) is 3. The van der Waals surface area contributed by atoms with Crippen LogP contribution in [-0.4, -0.2) is 38.2 Å². The Morgan fingerprint density at radius 1 is 1.61 bits per heavy atom. The van der Waals surface area contributed by atoms with Gasteiger partial charge in [-0.15, -0.1) is 0 Å². The first-order chi connectivity index (χ1) is 8.47. The molecule has 98 valence electrons. The highest BCUT2D eigenvalue weighted by atomic mass is 16.4. The fourth-order valence-electron chi connectivity index (χ4n) is 2.58. The molecule has 0 aliphatic carbocycles. The number of carbonyl (C=O) groups is 2. The molecule has 0 aromatic carbocycles. The van der Waals surface area contributed by atoms with Gasteiger partial charge >= 0.3 is 5.97 Å². The van der Waals surface area contributed by atoms with Crippen LogP contribution in [0.2, 0.25) is 0 Å². The summed E-state index contributed by atoms with van der Waals surface area (Å²) in [5, 5.41) is 13.4. The van der Waals surface area contributed by atoms with Crippen molar-refractivity contribution in [3.8, 4) is 0 Å². The van der Waals surface area contributed by atoms with E-state index in [0.717, 1.165) is 11.3 Å². The van der Waals surface area contributed by atoms with Gasteiger partial charge in [-0.25, -0.2) is 0 Å². The third-order valence-electron chi connectivity index (χ3n) is 3.68. The van der Waals surface area contributed by atoms with E-state index in [1.807, 2.05) is 20.9 Å². The standard InChI is InChI=1S/C12H17N3O3/c1-4-15-10(16)5-8(12(17)18)11(15)9-6-13-14(3)7(9)2/h6,8,11H,4-5H2,1-3H3,(H,17,18)/t8-,11-/m0/s1. The molecule has 1 N–H and O–H groups in total. The number of aliphatic carboxylic acids is 1. The summed E-state index contributed by atoms with van der Waals surface area (Å²) in [6.07, 6.45) is 1.74. The van der Waals surface area contributed by atoms with Crippen molar-refractivity contribution in [1.82, 2.24) is 14.7 Å². The van der Waals surface area contributed by atoms with Gasteiger partial charge in [0.2, 0.25) is 5.91 Å². The first kappa shape index (κ1) is 12.6. The largest absolute Gasteiger partial charge is 0.481 e. The molecule has 1 saturated heterocycles. The minimum absolute atomic E-state index is 0.0716. The average Bonchev–Trinajstić information content (AvgIpc) is 2.81. The Morgan fingerprint density at radius 3 is 2.72 bits per heavy atom. The Hall–Kier alpha value is -1.85. The molecule has 2 heterocycles. The lowest BCUT2D eigenvalue weighted by atomic mass is 9.94. The third kappa shape index (κ3) is 1.77. The zero-order valence-electron chi connectivity index (χ0n) is 10.8. The number of likely N-dealkylation sites (tertiary alicyclic amines) is 1. The summed E-state index contributed by atoms with van der Waals surface area (Å²) in [4.78, 5) is 24.8. The fraction of sp³-hybridized carbons (Fsp3) is 0.583. The first-order valence-electron chi connectivity index (χ1n) is 5.98. The molecule has 1 aliphatic heterocycles. The maximum Gasteiger partial charge on any atom is 0.309 e. The molecule has 2 rings (SSSR count). The van der Waals surface area contributed by atoms with Crippen molar-refractivity contribution in [2.45, 2.75) is 26.3 Å². The maximum atomic E-state index is 11.9. The van der Waals surface area contributed by atoms with Crippen molar-refractivity contribution in [1.29, 1.82) is 0 Å². The molecule has 6 heteroatoms. The summed E-state index contributed by atoms with van der Waals surface area (Å²) >= 11 is 0. The summed E-state index contributed by atoms with van der Waals surface area (Å²) in [5.74, 6) is -1.70. The van der Waals surface area contributed by atoms with Gasteiger partial charge in [-0.3, -0.25) is 14.3 Å². The van der Waals surface area contributed by atoms with Crippen molar-refractivity contribution in [2.24, 2.45) is 13.0 Å². The van der Waals surface area contributed by atoms with E-state index >= 15 is 0 Å². The van der Waals surface area contributed by atoms with E-state index in [9.17, 15) is 14.7 Å². The van der Waals surface area contributed by atoms with Crippen LogP contribution in [0.3, 0.4) is 0 Å². The van der Waals surface area contributed by atoms with Crippen LogP contribution in [0.15, 0.2) is 6.20 Å². The molecular weight excluding hydrogens is 234 g/mol. The van der Waals surface area contributed by atoms with Crippen molar-refractivity contribution in [3.05, 3.63) is 17.5 Å². The van der Waals surface area contributed by atoms with Gasteiger partial charge in [0, 0.05) is 31.3 Å². The molecular formula is C12H17N3O3. The van der Waals surface area contributed by atoms with E-state index < -0.39 is 17.9 Å². The van der Waals surface area contributed by atoms with E-state index in [1.165, 1.54) is 0 Å². The summed E-state index contributed by atoms with van der Waals surface area (Å²) in [5.41, 5.74) is 1.73. The number of aryl methyl sites for hydroxylation is 1. The highest BCUT2D eigenvalue weighted by molar-refractivity contribution is 5.87. The molecule has 1 fully saturated rings. The Kier molecular flexibility index (Phi) is 3.11. The van der Waals surface area contributed by atoms with Crippen LogP contribution in [0.5, 0.6) is 0 Å². The van der Waals surface area contributed by atoms with Crippen LogP contribution in [0.1, 0.15) is 30.6 Å². The quantitative estimate of drug-likeness (QED) is 0.859. The summed E-state index contributed by atoms with van der Waals surface area (Å²) in [6.45, 7) is 4.26. The summed E-state index contributed by atoms with van der Waals surface area (Å²) in [7, 11) is 1.81. The second-order valence-electron chi connectivity index (χ2n) is 4.58. The molecule has 0 bridgehead atoms. The number of amides is 1. The SMILES string of the molecule is CCN1C(=O)C[C@H](C(=O)O)[C@H]1c1cnn(C)c1C. The van der Waals surface area contributed by atoms with E-state index in [1.54, 1.807) is 15.8 Å². The molecule has 0 spiro atoms. The van der Waals surface area contributed by atoms with Crippen molar-refractivity contribution >= 4 is 11.9 Å². The van der Waals surface area contributed by atoms with Gasteiger partial charge in [0.25, 0.3) is 0 Å². The van der Waals surface area contributed by atoms with Crippen molar-refractivity contribution in [2.75, 3.05) is 6.54 Å². The normalized spacial score (nSPS) is 23.7. The molecule has 0 saturated carbocycles. The topological polar surface area (TPSA) is 75.4 Å². The van der Waals surface area contributed by atoms with Gasteiger partial charge in [0.15, 0.2) is 0 Å². The molecule has 1 aromatic rings. The zero-order valence-corrected chi connectivity index (χ0v) is 10.8. The zero-order chi connectivity index (χ0) is 13.4. The Morgan fingerprint density at radius 2 is 2.28 bits per heavy atom. The molecule has 1 aliphatic rings. The summed E-state index contributed by atoms with van der Waals surface area (Å²) in [6, 6.07) is -0.395. The van der Waals surface area contributed by atoms with E-state index in [0.29, 0.717) is 6.54 Å². The predicted molar refractivity (Wildman–Crippen MR) is 63.8 cm³/mol. The highest BCUT2D eigenvalue weighted by Crippen LogP contribution is 2.39. The Bertz CT molecular complexity index is 495. The molecule has 1 aromatic heterocycles. The van der Waals surface area contributed by atoms with Gasteiger partial charge < -0.3 is 10.0 Å². The number of rotatable bonds is 3. The number of carboxylic acid groups (broad SMARTS) is 1. The molecule has 6 nitrogen and oxygen atoms in total.